The van der Waals surface area contributed by atoms with Crippen molar-refractivity contribution in [2.75, 3.05) is 42.6 Å². The van der Waals surface area contributed by atoms with Crippen LogP contribution in [0.2, 0.25) is 0 Å². The van der Waals surface area contributed by atoms with Gasteiger partial charge < -0.3 is 19.0 Å². The van der Waals surface area contributed by atoms with E-state index in [4.69, 9.17) is 9.15 Å². The van der Waals surface area contributed by atoms with Crippen molar-refractivity contribution in [3.63, 3.8) is 0 Å². The molecule has 0 saturated carbocycles. The van der Waals surface area contributed by atoms with E-state index in [9.17, 15) is 14.9 Å². The normalized spacial score (nSPS) is 14.2. The number of ether oxygens (including phenoxy) is 1. The summed E-state index contributed by atoms with van der Waals surface area (Å²) in [7, 11) is 0. The Morgan fingerprint density at radius 1 is 1.17 bits per heavy atom. The SMILES string of the molecule is CCOC(=O)c1cc(N2CCN(c3nc4cc(C)ccc4o3)CC2)ccc1[N+](=O)[O-]. The van der Waals surface area contributed by atoms with Crippen LogP contribution in [-0.4, -0.2) is 48.7 Å². The summed E-state index contributed by atoms with van der Waals surface area (Å²) in [5.74, 6) is -0.688. The molecule has 2 heterocycles. The van der Waals surface area contributed by atoms with Crippen LogP contribution in [0.5, 0.6) is 0 Å². The van der Waals surface area contributed by atoms with E-state index in [2.05, 4.69) is 14.8 Å². The smallest absolute Gasteiger partial charge is 0.345 e. The molecule has 0 bridgehead atoms. The summed E-state index contributed by atoms with van der Waals surface area (Å²) in [5, 5.41) is 11.3. The van der Waals surface area contributed by atoms with Crippen LogP contribution >= 0.6 is 0 Å². The minimum Gasteiger partial charge on any atom is -0.462 e. The Morgan fingerprint density at radius 3 is 2.60 bits per heavy atom. The third kappa shape index (κ3) is 3.78. The fourth-order valence-electron chi connectivity index (χ4n) is 3.57. The number of carbonyl (C=O) groups is 1. The molecule has 0 radical (unpaired) electrons. The van der Waals surface area contributed by atoms with Crippen LogP contribution in [0.4, 0.5) is 17.4 Å². The van der Waals surface area contributed by atoms with E-state index < -0.39 is 10.9 Å². The summed E-state index contributed by atoms with van der Waals surface area (Å²) in [6.45, 7) is 6.52. The average Bonchev–Trinajstić information content (AvgIpc) is 3.16. The van der Waals surface area contributed by atoms with Crippen molar-refractivity contribution in [1.82, 2.24) is 4.98 Å². The van der Waals surface area contributed by atoms with Crippen molar-refractivity contribution in [3.8, 4) is 0 Å². The van der Waals surface area contributed by atoms with Gasteiger partial charge in [-0.05, 0) is 43.7 Å². The van der Waals surface area contributed by atoms with Gasteiger partial charge in [0.15, 0.2) is 5.58 Å². The molecule has 9 nitrogen and oxygen atoms in total. The van der Waals surface area contributed by atoms with E-state index in [1.165, 1.54) is 12.1 Å². The Kier molecular flexibility index (Phi) is 5.26. The van der Waals surface area contributed by atoms with Crippen LogP contribution in [0, 0.1) is 17.0 Å². The summed E-state index contributed by atoms with van der Waals surface area (Å²) in [5.41, 5.74) is 3.18. The third-order valence-electron chi connectivity index (χ3n) is 5.12. The quantitative estimate of drug-likeness (QED) is 0.357. The Balaban J connectivity index is 1.51. The summed E-state index contributed by atoms with van der Waals surface area (Å²) in [4.78, 5) is 31.6. The molecule has 4 rings (SSSR count). The van der Waals surface area contributed by atoms with Gasteiger partial charge in [0.2, 0.25) is 0 Å². The van der Waals surface area contributed by atoms with Crippen molar-refractivity contribution >= 4 is 34.5 Å². The number of hydrogen-bond donors (Lipinski definition) is 0. The number of esters is 1. The summed E-state index contributed by atoms with van der Waals surface area (Å²) >= 11 is 0. The number of nitro groups is 1. The van der Waals surface area contributed by atoms with E-state index in [0.29, 0.717) is 32.2 Å². The average molecular weight is 410 g/mol. The van der Waals surface area contributed by atoms with Crippen LogP contribution in [0.3, 0.4) is 0 Å². The molecule has 0 N–H and O–H groups in total. The highest BCUT2D eigenvalue weighted by atomic mass is 16.6. The number of benzene rings is 2. The van der Waals surface area contributed by atoms with Crippen LogP contribution in [0.25, 0.3) is 11.1 Å². The Labute approximate surface area is 173 Å². The molecule has 1 saturated heterocycles. The van der Waals surface area contributed by atoms with Crippen molar-refractivity contribution in [2.45, 2.75) is 13.8 Å². The highest BCUT2D eigenvalue weighted by Crippen LogP contribution is 2.28. The molecule has 0 unspecified atom stereocenters. The molecule has 0 amide bonds. The van der Waals surface area contributed by atoms with Gasteiger partial charge in [0, 0.05) is 37.9 Å². The molecule has 1 aromatic heterocycles. The summed E-state index contributed by atoms with van der Waals surface area (Å²) in [6.07, 6.45) is 0. The first kappa shape index (κ1) is 19.7. The lowest BCUT2D eigenvalue weighted by Crippen LogP contribution is -2.46. The number of oxazole rings is 1. The number of anilines is 2. The van der Waals surface area contributed by atoms with Gasteiger partial charge in [-0.3, -0.25) is 10.1 Å². The molecule has 3 aromatic rings. The lowest BCUT2D eigenvalue weighted by molar-refractivity contribution is -0.385. The van der Waals surface area contributed by atoms with Gasteiger partial charge in [0.25, 0.3) is 11.7 Å². The van der Waals surface area contributed by atoms with Crippen LogP contribution in [-0.2, 0) is 4.74 Å². The molecule has 0 aliphatic carbocycles. The zero-order valence-electron chi connectivity index (χ0n) is 16.8. The number of rotatable bonds is 5. The van der Waals surface area contributed by atoms with E-state index in [-0.39, 0.29) is 17.9 Å². The molecule has 0 spiro atoms. The zero-order chi connectivity index (χ0) is 21.3. The van der Waals surface area contributed by atoms with Gasteiger partial charge in [-0.15, -0.1) is 0 Å². The first-order valence-corrected chi connectivity index (χ1v) is 9.79. The van der Waals surface area contributed by atoms with E-state index >= 15 is 0 Å². The molecule has 0 atom stereocenters. The van der Waals surface area contributed by atoms with Crippen molar-refractivity contribution in [2.24, 2.45) is 0 Å². The molecule has 2 aromatic carbocycles. The lowest BCUT2D eigenvalue weighted by atomic mass is 10.1. The molecule has 156 valence electrons. The predicted molar refractivity (Wildman–Crippen MR) is 112 cm³/mol. The maximum Gasteiger partial charge on any atom is 0.345 e. The van der Waals surface area contributed by atoms with Gasteiger partial charge in [-0.25, -0.2) is 4.79 Å². The van der Waals surface area contributed by atoms with Gasteiger partial charge in [0.1, 0.15) is 11.1 Å². The Bertz CT molecular complexity index is 1100. The van der Waals surface area contributed by atoms with Gasteiger partial charge in [-0.2, -0.15) is 4.98 Å². The molecular formula is C21H22N4O5. The van der Waals surface area contributed by atoms with E-state index in [0.717, 1.165) is 22.4 Å². The third-order valence-corrected chi connectivity index (χ3v) is 5.12. The molecule has 1 aliphatic rings. The van der Waals surface area contributed by atoms with Crippen LogP contribution < -0.4 is 9.80 Å². The Hall–Kier alpha value is -3.62. The first-order chi connectivity index (χ1) is 14.5. The topological polar surface area (TPSA) is 102 Å². The minimum atomic E-state index is -0.688. The standard InChI is InChI=1S/C21H22N4O5/c1-3-29-20(26)16-13-15(5-6-18(16)25(27)28)23-8-10-24(11-9-23)21-22-17-12-14(2)4-7-19(17)30-21/h4-7,12-13H,3,8-11H2,1-2H3. The number of aryl methyl sites for hydroxylation is 1. The molecule has 1 aliphatic heterocycles. The number of hydrogen-bond acceptors (Lipinski definition) is 8. The highest BCUT2D eigenvalue weighted by molar-refractivity contribution is 5.95. The second kappa shape index (κ2) is 8.02. The number of piperazine rings is 1. The van der Waals surface area contributed by atoms with Gasteiger partial charge in [-0.1, -0.05) is 6.07 Å². The first-order valence-electron chi connectivity index (χ1n) is 9.79. The zero-order valence-corrected chi connectivity index (χ0v) is 16.8. The summed E-state index contributed by atoms with van der Waals surface area (Å²) in [6, 6.07) is 11.1. The molecule has 30 heavy (non-hydrogen) atoms. The van der Waals surface area contributed by atoms with Crippen molar-refractivity contribution < 1.29 is 18.9 Å². The highest BCUT2D eigenvalue weighted by Gasteiger charge is 2.26. The molecule has 9 heteroatoms. The maximum atomic E-state index is 12.2. The van der Waals surface area contributed by atoms with Crippen LogP contribution in [0.15, 0.2) is 40.8 Å². The van der Waals surface area contributed by atoms with Gasteiger partial charge in [0.05, 0.1) is 11.5 Å². The lowest BCUT2D eigenvalue weighted by Gasteiger charge is -2.35. The predicted octanol–water partition coefficient (Wildman–Crippen LogP) is 3.55. The number of aromatic nitrogens is 1. The Morgan fingerprint density at radius 2 is 1.90 bits per heavy atom. The van der Waals surface area contributed by atoms with Crippen molar-refractivity contribution in [1.29, 1.82) is 0 Å². The minimum absolute atomic E-state index is 0.0314. The van der Waals surface area contributed by atoms with Crippen molar-refractivity contribution in [3.05, 3.63) is 57.6 Å². The fourth-order valence-corrected chi connectivity index (χ4v) is 3.57. The van der Waals surface area contributed by atoms with E-state index in [1.807, 2.05) is 25.1 Å². The second-order valence-electron chi connectivity index (χ2n) is 7.12. The number of carbonyl (C=O) groups excluding carboxylic acids is 1. The molecular weight excluding hydrogens is 388 g/mol. The number of fused-ring (bicyclic) bond motifs is 1. The monoisotopic (exact) mass is 410 g/mol. The maximum absolute atomic E-state index is 12.2. The van der Waals surface area contributed by atoms with E-state index in [1.54, 1.807) is 13.0 Å². The molecule has 1 fully saturated rings. The summed E-state index contributed by atoms with van der Waals surface area (Å²) < 4.78 is 10.9. The number of nitro benzene ring substituents is 1. The van der Waals surface area contributed by atoms with Crippen LogP contribution in [0.1, 0.15) is 22.8 Å². The number of nitrogens with zero attached hydrogens (tertiary/aromatic N) is 4. The second-order valence-corrected chi connectivity index (χ2v) is 7.12. The van der Waals surface area contributed by atoms with Gasteiger partial charge >= 0.3 is 5.97 Å². The largest absolute Gasteiger partial charge is 0.462 e. The fraction of sp³-hybridized carbons (Fsp3) is 0.333.